The molecule has 3 aromatic rings. The molecule has 0 amide bonds. The summed E-state index contributed by atoms with van der Waals surface area (Å²) in [5, 5.41) is 1.90. The third-order valence-corrected chi connectivity index (χ3v) is 4.87. The number of aromatic nitrogens is 2. The van der Waals surface area contributed by atoms with Crippen LogP contribution in [-0.4, -0.2) is 9.38 Å². The first-order valence-electron chi connectivity index (χ1n) is 5.99. The van der Waals surface area contributed by atoms with Gasteiger partial charge in [0, 0.05) is 27.8 Å². The number of rotatable bonds is 3. The summed E-state index contributed by atoms with van der Waals surface area (Å²) in [7, 11) is 0. The van der Waals surface area contributed by atoms with Gasteiger partial charge in [-0.1, -0.05) is 12.1 Å². The Morgan fingerprint density at radius 3 is 3.00 bits per heavy atom. The summed E-state index contributed by atoms with van der Waals surface area (Å²) in [5.41, 5.74) is 1.47. The van der Waals surface area contributed by atoms with Crippen LogP contribution in [0.1, 0.15) is 11.4 Å². The number of aryl methyl sites for hydroxylation is 1. The summed E-state index contributed by atoms with van der Waals surface area (Å²) >= 11 is 2.78. The number of thiazole rings is 1. The summed E-state index contributed by atoms with van der Waals surface area (Å²) in [5.74, 6) is 0.228. The zero-order chi connectivity index (χ0) is 14.1. The van der Waals surface area contributed by atoms with Crippen LogP contribution in [0, 0.1) is 12.7 Å². The van der Waals surface area contributed by atoms with E-state index in [1.807, 2.05) is 12.3 Å². The van der Waals surface area contributed by atoms with Crippen LogP contribution in [0.3, 0.4) is 0 Å². The van der Waals surface area contributed by atoms with Crippen molar-refractivity contribution in [2.75, 3.05) is 0 Å². The number of hydrogen-bond acceptors (Lipinski definition) is 4. The topological polar surface area (TPSA) is 34.4 Å². The average molecular weight is 306 g/mol. The highest BCUT2D eigenvalue weighted by Crippen LogP contribution is 2.24. The second-order valence-corrected chi connectivity index (χ2v) is 6.15. The molecule has 2 heterocycles. The van der Waals surface area contributed by atoms with Crippen molar-refractivity contribution in [3.05, 3.63) is 63.3 Å². The summed E-state index contributed by atoms with van der Waals surface area (Å²) in [4.78, 5) is 17.7. The quantitative estimate of drug-likeness (QED) is 0.695. The van der Waals surface area contributed by atoms with Crippen LogP contribution in [0.15, 0.2) is 45.4 Å². The first kappa shape index (κ1) is 13.3. The highest BCUT2D eigenvalue weighted by atomic mass is 32.2. The Hall–Kier alpha value is -1.66. The molecule has 3 rings (SSSR count). The SMILES string of the molecule is Cc1csc2nc(CSc3ccccc3F)cc(=O)n12. The van der Waals surface area contributed by atoms with E-state index in [0.717, 1.165) is 5.69 Å². The zero-order valence-corrected chi connectivity index (χ0v) is 12.3. The summed E-state index contributed by atoms with van der Waals surface area (Å²) in [6.07, 6.45) is 0. The lowest BCUT2D eigenvalue weighted by Crippen LogP contribution is -2.14. The molecular formula is C14H11FN2OS2. The Morgan fingerprint density at radius 1 is 1.40 bits per heavy atom. The molecule has 0 N–H and O–H groups in total. The van der Waals surface area contributed by atoms with Crippen molar-refractivity contribution in [3.63, 3.8) is 0 Å². The largest absolute Gasteiger partial charge is 0.269 e. The van der Waals surface area contributed by atoms with Crippen molar-refractivity contribution in [3.8, 4) is 0 Å². The molecule has 3 nitrogen and oxygen atoms in total. The maximum atomic E-state index is 13.5. The van der Waals surface area contributed by atoms with Crippen molar-refractivity contribution in [1.82, 2.24) is 9.38 Å². The van der Waals surface area contributed by atoms with E-state index in [2.05, 4.69) is 4.98 Å². The van der Waals surface area contributed by atoms with E-state index in [1.165, 1.54) is 35.2 Å². The number of hydrogen-bond donors (Lipinski definition) is 0. The van der Waals surface area contributed by atoms with Crippen LogP contribution in [0.4, 0.5) is 4.39 Å². The predicted octanol–water partition coefficient (Wildman–Crippen LogP) is 3.50. The molecule has 0 fully saturated rings. The standard InChI is InChI=1S/C14H11FN2OS2/c1-9-7-20-14-16-10(6-13(18)17(9)14)8-19-12-5-3-2-4-11(12)15/h2-7H,8H2,1H3. The van der Waals surface area contributed by atoms with E-state index < -0.39 is 0 Å². The van der Waals surface area contributed by atoms with Gasteiger partial charge < -0.3 is 0 Å². The molecule has 0 spiro atoms. The van der Waals surface area contributed by atoms with Gasteiger partial charge in [0.1, 0.15) is 5.82 Å². The molecule has 0 unspecified atom stereocenters. The first-order valence-corrected chi connectivity index (χ1v) is 7.86. The number of fused-ring (bicyclic) bond motifs is 1. The molecule has 0 saturated carbocycles. The minimum absolute atomic E-state index is 0.0853. The molecule has 6 heteroatoms. The number of benzene rings is 1. The zero-order valence-electron chi connectivity index (χ0n) is 10.7. The number of nitrogens with zero attached hydrogens (tertiary/aromatic N) is 2. The molecule has 0 bridgehead atoms. The third-order valence-electron chi connectivity index (χ3n) is 2.84. The Morgan fingerprint density at radius 2 is 2.20 bits per heavy atom. The van der Waals surface area contributed by atoms with Crippen LogP contribution in [0.5, 0.6) is 0 Å². The normalized spacial score (nSPS) is 11.1. The predicted molar refractivity (Wildman–Crippen MR) is 80.0 cm³/mol. The van der Waals surface area contributed by atoms with E-state index in [0.29, 0.717) is 21.3 Å². The fourth-order valence-corrected chi connectivity index (χ4v) is 3.61. The summed E-state index contributed by atoms with van der Waals surface area (Å²) in [6.45, 7) is 1.88. The number of thioether (sulfide) groups is 1. The molecule has 0 radical (unpaired) electrons. The second kappa shape index (κ2) is 5.38. The lowest BCUT2D eigenvalue weighted by molar-refractivity contribution is 0.602. The Kier molecular flexibility index (Phi) is 3.58. The second-order valence-electron chi connectivity index (χ2n) is 4.30. The molecule has 1 aromatic carbocycles. The lowest BCUT2D eigenvalue weighted by Gasteiger charge is -2.03. The van der Waals surface area contributed by atoms with E-state index in [9.17, 15) is 9.18 Å². The Balaban J connectivity index is 1.89. The van der Waals surface area contributed by atoms with Gasteiger partial charge in [-0.3, -0.25) is 9.20 Å². The molecule has 0 saturated heterocycles. The molecule has 0 aliphatic carbocycles. The van der Waals surface area contributed by atoms with E-state index in [4.69, 9.17) is 0 Å². The Bertz CT molecular complexity index is 825. The lowest BCUT2D eigenvalue weighted by atomic mass is 10.3. The van der Waals surface area contributed by atoms with Crippen molar-refractivity contribution in [1.29, 1.82) is 0 Å². The molecule has 0 aliphatic heterocycles. The minimum atomic E-state index is -0.248. The van der Waals surface area contributed by atoms with Crippen LogP contribution < -0.4 is 5.56 Å². The fraction of sp³-hybridized carbons (Fsp3) is 0.143. The average Bonchev–Trinajstić information content (AvgIpc) is 2.80. The van der Waals surface area contributed by atoms with Gasteiger partial charge in [-0.15, -0.1) is 23.1 Å². The van der Waals surface area contributed by atoms with Crippen LogP contribution in [0.2, 0.25) is 0 Å². The van der Waals surface area contributed by atoms with Gasteiger partial charge in [-0.05, 0) is 19.1 Å². The summed E-state index contributed by atoms with van der Waals surface area (Å²) in [6, 6.07) is 8.11. The van der Waals surface area contributed by atoms with Crippen molar-refractivity contribution < 1.29 is 4.39 Å². The molecular weight excluding hydrogens is 295 g/mol. The van der Waals surface area contributed by atoms with E-state index >= 15 is 0 Å². The molecule has 102 valence electrons. The molecule has 0 atom stereocenters. The monoisotopic (exact) mass is 306 g/mol. The highest BCUT2D eigenvalue weighted by molar-refractivity contribution is 7.98. The van der Waals surface area contributed by atoms with Crippen molar-refractivity contribution >= 4 is 28.1 Å². The van der Waals surface area contributed by atoms with Crippen LogP contribution >= 0.6 is 23.1 Å². The number of halogens is 1. The van der Waals surface area contributed by atoms with Gasteiger partial charge in [-0.2, -0.15) is 0 Å². The summed E-state index contributed by atoms with van der Waals surface area (Å²) < 4.78 is 15.1. The molecule has 2 aromatic heterocycles. The maximum absolute atomic E-state index is 13.5. The van der Waals surface area contributed by atoms with Gasteiger partial charge >= 0.3 is 0 Å². The maximum Gasteiger partial charge on any atom is 0.258 e. The van der Waals surface area contributed by atoms with Crippen molar-refractivity contribution in [2.24, 2.45) is 0 Å². The van der Waals surface area contributed by atoms with Crippen LogP contribution in [-0.2, 0) is 5.75 Å². The van der Waals surface area contributed by atoms with Crippen LogP contribution in [0.25, 0.3) is 4.96 Å². The van der Waals surface area contributed by atoms with Gasteiger partial charge in [0.2, 0.25) is 0 Å². The van der Waals surface area contributed by atoms with Crippen molar-refractivity contribution in [2.45, 2.75) is 17.6 Å². The third kappa shape index (κ3) is 2.48. The van der Waals surface area contributed by atoms with Gasteiger partial charge in [0.25, 0.3) is 5.56 Å². The molecule has 0 aliphatic rings. The highest BCUT2D eigenvalue weighted by Gasteiger charge is 2.08. The smallest absolute Gasteiger partial charge is 0.258 e. The Labute approximate surface area is 123 Å². The van der Waals surface area contributed by atoms with E-state index in [1.54, 1.807) is 22.6 Å². The first-order chi connectivity index (χ1) is 9.65. The van der Waals surface area contributed by atoms with Gasteiger partial charge in [0.05, 0.1) is 5.69 Å². The van der Waals surface area contributed by atoms with Gasteiger partial charge in [-0.25, -0.2) is 9.37 Å². The minimum Gasteiger partial charge on any atom is -0.269 e. The van der Waals surface area contributed by atoms with E-state index in [-0.39, 0.29) is 11.4 Å². The fourth-order valence-electron chi connectivity index (χ4n) is 1.89. The van der Waals surface area contributed by atoms with Gasteiger partial charge in [0.15, 0.2) is 4.96 Å². The molecule has 20 heavy (non-hydrogen) atoms.